The molecule has 0 saturated carbocycles. The Labute approximate surface area is 176 Å². The molecule has 170 valence electrons. The van der Waals surface area contributed by atoms with Crippen molar-refractivity contribution in [1.29, 1.82) is 0 Å². The van der Waals surface area contributed by atoms with Crippen molar-refractivity contribution >= 4 is 0 Å². The molecule has 2 saturated heterocycles. The van der Waals surface area contributed by atoms with Gasteiger partial charge in [0.2, 0.25) is 0 Å². The van der Waals surface area contributed by atoms with Gasteiger partial charge in [0, 0.05) is 26.9 Å². The van der Waals surface area contributed by atoms with Crippen LogP contribution in [-0.2, 0) is 37.9 Å². The summed E-state index contributed by atoms with van der Waals surface area (Å²) in [6, 6.07) is 5.47. The minimum absolute atomic E-state index is 0.0493. The molecule has 2 heterocycles. The number of methoxy groups -OCH3 is 5. The maximum absolute atomic E-state index is 6.26. The van der Waals surface area contributed by atoms with Gasteiger partial charge in [-0.15, -0.1) is 0 Å². The van der Waals surface area contributed by atoms with Crippen LogP contribution in [0.2, 0.25) is 0 Å². The molecule has 10 heteroatoms. The van der Waals surface area contributed by atoms with Crippen molar-refractivity contribution in [3.63, 3.8) is 0 Å². The molecule has 0 radical (unpaired) electrons. The van der Waals surface area contributed by atoms with Crippen LogP contribution in [0.15, 0.2) is 18.2 Å². The average Bonchev–Trinajstić information content (AvgIpc) is 2.80. The smallest absolute Gasteiger partial charge is 0.186 e. The monoisotopic (exact) mass is 430 g/mol. The van der Waals surface area contributed by atoms with Crippen molar-refractivity contribution in [2.45, 2.75) is 37.0 Å². The molecule has 2 aliphatic rings. The molecule has 1 aromatic carbocycles. The number of hydrogen-bond donors (Lipinski definition) is 0. The Bertz CT molecular complexity index is 656. The van der Waals surface area contributed by atoms with E-state index in [-0.39, 0.29) is 20.2 Å². The third-order valence-electron chi connectivity index (χ3n) is 4.95. The highest BCUT2D eigenvalue weighted by atomic mass is 16.8. The van der Waals surface area contributed by atoms with E-state index in [9.17, 15) is 0 Å². The van der Waals surface area contributed by atoms with Crippen LogP contribution in [0.3, 0.4) is 0 Å². The summed E-state index contributed by atoms with van der Waals surface area (Å²) >= 11 is 0. The second kappa shape index (κ2) is 11.2. The van der Waals surface area contributed by atoms with Crippen molar-refractivity contribution < 1.29 is 47.4 Å². The number of hydrogen-bond acceptors (Lipinski definition) is 10. The largest absolute Gasteiger partial charge is 0.493 e. The van der Waals surface area contributed by atoms with Crippen LogP contribution in [0.25, 0.3) is 0 Å². The van der Waals surface area contributed by atoms with E-state index in [1.165, 1.54) is 7.11 Å². The topological polar surface area (TPSA) is 92.3 Å². The maximum atomic E-state index is 6.26. The van der Waals surface area contributed by atoms with Gasteiger partial charge in [-0.1, -0.05) is 6.07 Å². The zero-order valence-electron chi connectivity index (χ0n) is 17.9. The minimum Gasteiger partial charge on any atom is -0.493 e. The van der Waals surface area contributed by atoms with E-state index in [0.717, 1.165) is 5.56 Å². The third kappa shape index (κ3) is 5.04. The fraction of sp³-hybridized carbons (Fsp3) is 0.700. The van der Waals surface area contributed by atoms with Gasteiger partial charge in [0.05, 0.1) is 20.8 Å². The fourth-order valence-corrected chi connectivity index (χ4v) is 3.56. The van der Waals surface area contributed by atoms with Crippen molar-refractivity contribution in [3.8, 4) is 11.5 Å². The van der Waals surface area contributed by atoms with E-state index >= 15 is 0 Å². The first-order chi connectivity index (χ1) is 14.7. The molecule has 0 aliphatic carbocycles. The van der Waals surface area contributed by atoms with Crippen LogP contribution in [0.1, 0.15) is 11.9 Å². The Morgan fingerprint density at radius 2 is 1.57 bits per heavy atom. The minimum atomic E-state index is -0.673. The maximum Gasteiger partial charge on any atom is 0.186 e. The molecule has 2 fully saturated rings. The first kappa shape index (κ1) is 23.2. The first-order valence-electron chi connectivity index (χ1n) is 9.55. The molecule has 10 nitrogen and oxygen atoms in total. The van der Waals surface area contributed by atoms with Crippen molar-refractivity contribution in [3.05, 3.63) is 23.8 Å². The van der Waals surface area contributed by atoms with Gasteiger partial charge in [-0.2, -0.15) is 0 Å². The van der Waals surface area contributed by atoms with E-state index < -0.39 is 37.0 Å². The second-order valence-electron chi connectivity index (χ2n) is 6.73. The van der Waals surface area contributed by atoms with Gasteiger partial charge in [0.15, 0.2) is 24.1 Å². The van der Waals surface area contributed by atoms with Crippen LogP contribution >= 0.6 is 0 Å². The molecule has 0 aromatic heterocycles. The predicted molar refractivity (Wildman–Crippen MR) is 102 cm³/mol. The summed E-state index contributed by atoms with van der Waals surface area (Å²) in [5.41, 5.74) is 0.778. The molecule has 0 spiro atoms. The summed E-state index contributed by atoms with van der Waals surface area (Å²) in [5.74, 6) is 1.20. The normalized spacial score (nSPS) is 31.2. The Balaban J connectivity index is 1.82. The summed E-state index contributed by atoms with van der Waals surface area (Å²) in [5, 5.41) is 0. The summed E-state index contributed by atoms with van der Waals surface area (Å²) in [7, 11) is 7.79. The van der Waals surface area contributed by atoms with Crippen molar-refractivity contribution in [2.75, 3.05) is 55.7 Å². The molecule has 0 bridgehead atoms. The zero-order chi connectivity index (χ0) is 21.5. The van der Waals surface area contributed by atoms with Gasteiger partial charge in [0.1, 0.15) is 38.0 Å². The first-order valence-corrected chi connectivity index (χ1v) is 9.55. The summed E-state index contributed by atoms with van der Waals surface area (Å²) < 4.78 is 56.2. The van der Waals surface area contributed by atoms with E-state index in [4.69, 9.17) is 47.4 Å². The van der Waals surface area contributed by atoms with E-state index in [2.05, 4.69) is 0 Å². The zero-order valence-corrected chi connectivity index (χ0v) is 17.9. The Morgan fingerprint density at radius 3 is 2.20 bits per heavy atom. The van der Waals surface area contributed by atoms with Crippen LogP contribution < -0.4 is 9.47 Å². The molecule has 0 amide bonds. The summed E-state index contributed by atoms with van der Waals surface area (Å²) in [6.45, 7) is 0.392. The van der Waals surface area contributed by atoms with Crippen LogP contribution in [0, 0.1) is 0 Å². The predicted octanol–water partition coefficient (Wildman–Crippen LogP) is 1.47. The van der Waals surface area contributed by atoms with Gasteiger partial charge >= 0.3 is 0 Å². The van der Waals surface area contributed by atoms with Crippen LogP contribution in [0.5, 0.6) is 11.5 Å². The van der Waals surface area contributed by atoms with Gasteiger partial charge in [-0.05, 0) is 12.1 Å². The summed E-state index contributed by atoms with van der Waals surface area (Å²) in [6.07, 6.45) is -3.33. The van der Waals surface area contributed by atoms with Crippen LogP contribution in [0.4, 0.5) is 0 Å². The molecular weight excluding hydrogens is 400 g/mol. The van der Waals surface area contributed by atoms with Crippen LogP contribution in [-0.4, -0.2) is 86.4 Å². The quantitative estimate of drug-likeness (QED) is 0.508. The Hall–Kier alpha value is -1.50. The lowest BCUT2D eigenvalue weighted by Gasteiger charge is -2.48. The second-order valence-corrected chi connectivity index (χ2v) is 6.73. The number of fused-ring (bicyclic) bond motifs is 1. The third-order valence-corrected chi connectivity index (χ3v) is 4.95. The molecule has 0 N–H and O–H groups in total. The van der Waals surface area contributed by atoms with Gasteiger partial charge in [-0.25, -0.2) is 0 Å². The highest BCUT2D eigenvalue weighted by molar-refractivity contribution is 5.43. The van der Waals surface area contributed by atoms with E-state index in [0.29, 0.717) is 11.5 Å². The van der Waals surface area contributed by atoms with E-state index in [1.54, 1.807) is 34.5 Å². The Kier molecular flexibility index (Phi) is 8.66. The summed E-state index contributed by atoms with van der Waals surface area (Å²) in [4.78, 5) is 0. The molecule has 30 heavy (non-hydrogen) atoms. The lowest BCUT2D eigenvalue weighted by atomic mass is 9.97. The SMILES string of the molecule is COCO[C@@H]1[C@@H](OCOC)[C@@H](OC)O[C@@H]2COC(c3ccc(OC)c(OC)c3)O[C@@H]12. The lowest BCUT2D eigenvalue weighted by molar-refractivity contribution is -0.375. The van der Waals surface area contributed by atoms with Gasteiger partial charge in [-0.3, -0.25) is 0 Å². The Morgan fingerprint density at radius 1 is 0.867 bits per heavy atom. The lowest BCUT2D eigenvalue weighted by Crippen LogP contribution is -2.63. The molecule has 1 aromatic rings. The molecule has 1 unspecified atom stereocenters. The number of rotatable bonds is 10. The van der Waals surface area contributed by atoms with Crippen molar-refractivity contribution in [2.24, 2.45) is 0 Å². The van der Waals surface area contributed by atoms with Gasteiger partial charge < -0.3 is 47.4 Å². The average molecular weight is 430 g/mol. The standard InChI is InChI=1S/C20H30O10/c1-21-10-27-17-16-15(29-20(25-5)18(17)28-11-22-2)9-26-19(30-16)12-6-7-13(23-3)14(8-12)24-4/h6-8,15-20H,9-11H2,1-5H3/t15-,16-,17+,18-,19?,20+/m1/s1. The highest BCUT2D eigenvalue weighted by Crippen LogP contribution is 2.38. The van der Waals surface area contributed by atoms with E-state index in [1.807, 2.05) is 12.1 Å². The number of ether oxygens (including phenoxy) is 10. The molecule has 6 atom stereocenters. The number of benzene rings is 1. The highest BCUT2D eigenvalue weighted by Gasteiger charge is 2.51. The fourth-order valence-electron chi connectivity index (χ4n) is 3.56. The molecule has 2 aliphatic heterocycles. The van der Waals surface area contributed by atoms with Crippen molar-refractivity contribution in [1.82, 2.24) is 0 Å². The molecule has 3 rings (SSSR count). The molecular formula is C20H30O10. The van der Waals surface area contributed by atoms with Gasteiger partial charge in [0.25, 0.3) is 0 Å².